The molecule has 1 aromatic rings. The van der Waals surface area contributed by atoms with Gasteiger partial charge in [-0.1, -0.05) is 20.8 Å². The van der Waals surface area contributed by atoms with Crippen molar-refractivity contribution < 1.29 is 4.79 Å². The Morgan fingerprint density at radius 1 is 1.39 bits per heavy atom. The van der Waals surface area contributed by atoms with Gasteiger partial charge in [-0.05, 0) is 30.6 Å². The van der Waals surface area contributed by atoms with Crippen molar-refractivity contribution in [3.63, 3.8) is 0 Å². The molecule has 1 amide bonds. The van der Waals surface area contributed by atoms with Gasteiger partial charge in [0.15, 0.2) is 0 Å². The fourth-order valence-electron chi connectivity index (χ4n) is 2.62. The van der Waals surface area contributed by atoms with Gasteiger partial charge in [0.1, 0.15) is 6.33 Å². The van der Waals surface area contributed by atoms with E-state index in [0.717, 1.165) is 25.9 Å². The Hall–Kier alpha value is -1.39. The average Bonchev–Trinajstić information content (AvgIpc) is 2.70. The zero-order valence-electron chi connectivity index (χ0n) is 11.4. The summed E-state index contributed by atoms with van der Waals surface area (Å²) in [4.78, 5) is 18.0. The van der Waals surface area contributed by atoms with Crippen LogP contribution in [-0.2, 0) is 0 Å². The summed E-state index contributed by atoms with van der Waals surface area (Å²) in [5.41, 5.74) is 0.325. The fourth-order valence-corrected chi connectivity index (χ4v) is 2.62. The SMILES string of the molecule is CC(C)(C)C1CCCN(C(=O)c2ncn[nH]2)CC1. The molecule has 0 aliphatic carbocycles. The number of likely N-dealkylation sites (tertiary alicyclic amines) is 1. The highest BCUT2D eigenvalue weighted by Crippen LogP contribution is 2.34. The number of carbonyl (C=O) groups excluding carboxylic acids is 1. The van der Waals surface area contributed by atoms with Crippen molar-refractivity contribution in [1.29, 1.82) is 0 Å². The molecule has 0 radical (unpaired) electrons. The first kappa shape index (κ1) is 13.1. The number of carbonyl (C=O) groups is 1. The van der Waals surface area contributed by atoms with Crippen molar-refractivity contribution in [2.75, 3.05) is 13.1 Å². The minimum atomic E-state index is -0.0259. The number of rotatable bonds is 1. The standard InChI is InChI=1S/C13H22N4O/c1-13(2,3)10-5-4-7-17(8-6-10)12(18)11-14-9-15-16-11/h9-10H,4-8H2,1-3H3,(H,14,15,16). The Balaban J connectivity index is 1.99. The molecule has 2 rings (SSSR count). The first-order valence-corrected chi connectivity index (χ1v) is 6.63. The van der Waals surface area contributed by atoms with Crippen molar-refractivity contribution in [3.8, 4) is 0 Å². The van der Waals surface area contributed by atoms with Gasteiger partial charge in [0.2, 0.25) is 5.82 Å². The van der Waals surface area contributed by atoms with Gasteiger partial charge in [-0.25, -0.2) is 4.98 Å². The van der Waals surface area contributed by atoms with Crippen LogP contribution in [0.25, 0.3) is 0 Å². The molecule has 1 aliphatic rings. The van der Waals surface area contributed by atoms with Gasteiger partial charge in [0.05, 0.1) is 0 Å². The van der Waals surface area contributed by atoms with Crippen LogP contribution in [0.3, 0.4) is 0 Å². The molecule has 1 atom stereocenters. The second-order valence-corrected chi connectivity index (χ2v) is 6.12. The van der Waals surface area contributed by atoms with Crippen molar-refractivity contribution in [2.45, 2.75) is 40.0 Å². The second-order valence-electron chi connectivity index (χ2n) is 6.12. The van der Waals surface area contributed by atoms with Gasteiger partial charge in [-0.2, -0.15) is 5.10 Å². The summed E-state index contributed by atoms with van der Waals surface area (Å²) in [6.45, 7) is 8.50. The van der Waals surface area contributed by atoms with Crippen molar-refractivity contribution >= 4 is 5.91 Å². The monoisotopic (exact) mass is 250 g/mol. The third-order valence-electron chi connectivity index (χ3n) is 3.86. The molecule has 5 heteroatoms. The third kappa shape index (κ3) is 2.89. The number of amides is 1. The van der Waals surface area contributed by atoms with E-state index >= 15 is 0 Å². The minimum Gasteiger partial charge on any atom is -0.336 e. The number of nitrogens with one attached hydrogen (secondary N) is 1. The number of hydrogen-bond donors (Lipinski definition) is 1. The van der Waals surface area contributed by atoms with Crippen LogP contribution in [-0.4, -0.2) is 39.1 Å². The van der Waals surface area contributed by atoms with Crippen LogP contribution in [0, 0.1) is 11.3 Å². The van der Waals surface area contributed by atoms with E-state index in [1.165, 1.54) is 12.7 Å². The molecule has 1 fully saturated rings. The molecule has 0 aromatic carbocycles. The summed E-state index contributed by atoms with van der Waals surface area (Å²) in [7, 11) is 0. The number of aromatic amines is 1. The maximum Gasteiger partial charge on any atom is 0.291 e. The lowest BCUT2D eigenvalue weighted by Gasteiger charge is -2.29. The molecule has 18 heavy (non-hydrogen) atoms. The van der Waals surface area contributed by atoms with Crippen molar-refractivity contribution in [1.82, 2.24) is 20.1 Å². The molecule has 1 saturated heterocycles. The normalized spacial score (nSPS) is 21.7. The van der Waals surface area contributed by atoms with E-state index in [2.05, 4.69) is 36.0 Å². The van der Waals surface area contributed by atoms with Crippen LogP contribution < -0.4 is 0 Å². The zero-order chi connectivity index (χ0) is 13.2. The van der Waals surface area contributed by atoms with E-state index in [1.54, 1.807) is 0 Å². The van der Waals surface area contributed by atoms with Crippen LogP contribution in [0.4, 0.5) is 0 Å². The lowest BCUT2D eigenvalue weighted by Crippen LogP contribution is -2.33. The Morgan fingerprint density at radius 3 is 2.78 bits per heavy atom. The van der Waals surface area contributed by atoms with E-state index in [-0.39, 0.29) is 5.91 Å². The largest absolute Gasteiger partial charge is 0.336 e. The molecule has 0 spiro atoms. The molecule has 2 heterocycles. The lowest BCUT2D eigenvalue weighted by atomic mass is 9.77. The molecule has 1 N–H and O–H groups in total. The quantitative estimate of drug-likeness (QED) is 0.830. The predicted molar refractivity (Wildman–Crippen MR) is 69.1 cm³/mol. The molecule has 1 unspecified atom stereocenters. The highest BCUT2D eigenvalue weighted by atomic mass is 16.2. The molecular weight excluding hydrogens is 228 g/mol. The van der Waals surface area contributed by atoms with E-state index in [0.29, 0.717) is 17.2 Å². The smallest absolute Gasteiger partial charge is 0.291 e. The summed E-state index contributed by atoms with van der Waals surface area (Å²) < 4.78 is 0. The van der Waals surface area contributed by atoms with Gasteiger partial charge >= 0.3 is 0 Å². The third-order valence-corrected chi connectivity index (χ3v) is 3.86. The van der Waals surface area contributed by atoms with Gasteiger partial charge in [0, 0.05) is 13.1 Å². The van der Waals surface area contributed by atoms with Crippen molar-refractivity contribution in [3.05, 3.63) is 12.2 Å². The van der Waals surface area contributed by atoms with E-state index in [4.69, 9.17) is 0 Å². The first-order chi connectivity index (χ1) is 8.48. The molecule has 0 saturated carbocycles. The zero-order valence-corrected chi connectivity index (χ0v) is 11.4. The topological polar surface area (TPSA) is 61.9 Å². The summed E-state index contributed by atoms with van der Waals surface area (Å²) in [5.74, 6) is 1.01. The molecule has 0 bridgehead atoms. The van der Waals surface area contributed by atoms with Gasteiger partial charge < -0.3 is 4.90 Å². The summed E-state index contributed by atoms with van der Waals surface area (Å²) in [6, 6.07) is 0. The van der Waals surface area contributed by atoms with E-state index < -0.39 is 0 Å². The molecule has 5 nitrogen and oxygen atoms in total. The van der Waals surface area contributed by atoms with Crippen LogP contribution in [0.2, 0.25) is 0 Å². The summed E-state index contributed by atoms with van der Waals surface area (Å²) >= 11 is 0. The number of aromatic nitrogens is 3. The maximum absolute atomic E-state index is 12.2. The summed E-state index contributed by atoms with van der Waals surface area (Å²) in [6.07, 6.45) is 4.72. The lowest BCUT2D eigenvalue weighted by molar-refractivity contribution is 0.0744. The van der Waals surface area contributed by atoms with Gasteiger partial charge in [-0.3, -0.25) is 9.89 Å². The van der Waals surface area contributed by atoms with Gasteiger partial charge in [0.25, 0.3) is 5.91 Å². The highest BCUT2D eigenvalue weighted by Gasteiger charge is 2.29. The first-order valence-electron chi connectivity index (χ1n) is 6.63. The maximum atomic E-state index is 12.2. The minimum absolute atomic E-state index is 0.0259. The second kappa shape index (κ2) is 5.08. The summed E-state index contributed by atoms with van der Waals surface area (Å²) in [5, 5.41) is 6.38. The van der Waals surface area contributed by atoms with E-state index in [1.807, 2.05) is 4.90 Å². The van der Waals surface area contributed by atoms with Crippen molar-refractivity contribution in [2.24, 2.45) is 11.3 Å². The number of H-pyrrole nitrogens is 1. The van der Waals surface area contributed by atoms with Crippen LogP contribution in [0.15, 0.2) is 6.33 Å². The molecule has 1 aliphatic heterocycles. The predicted octanol–water partition coefficient (Wildman–Crippen LogP) is 2.09. The fraction of sp³-hybridized carbons (Fsp3) is 0.769. The van der Waals surface area contributed by atoms with Gasteiger partial charge in [-0.15, -0.1) is 0 Å². The molecule has 1 aromatic heterocycles. The average molecular weight is 250 g/mol. The van der Waals surface area contributed by atoms with E-state index in [9.17, 15) is 4.79 Å². The van der Waals surface area contributed by atoms with Crippen LogP contribution >= 0.6 is 0 Å². The number of hydrogen-bond acceptors (Lipinski definition) is 3. The Kier molecular flexibility index (Phi) is 3.68. The van der Waals surface area contributed by atoms with Crippen LogP contribution in [0.1, 0.15) is 50.7 Å². The molecular formula is C13H22N4O. The van der Waals surface area contributed by atoms with Crippen LogP contribution in [0.5, 0.6) is 0 Å². The highest BCUT2D eigenvalue weighted by molar-refractivity contribution is 5.90. The Labute approximate surface area is 108 Å². The Morgan fingerprint density at radius 2 is 2.17 bits per heavy atom. The Bertz CT molecular complexity index is 394. The molecule has 100 valence electrons. The number of nitrogens with zero attached hydrogens (tertiary/aromatic N) is 3.